The molecule has 0 unspecified atom stereocenters. The van der Waals surface area contributed by atoms with Crippen molar-refractivity contribution in [1.82, 2.24) is 9.29 Å². The molecule has 1 fully saturated rings. The van der Waals surface area contributed by atoms with Crippen molar-refractivity contribution in [3.8, 4) is 6.07 Å². The van der Waals surface area contributed by atoms with Gasteiger partial charge in [-0.3, -0.25) is 4.98 Å². The van der Waals surface area contributed by atoms with Gasteiger partial charge in [-0.15, -0.1) is 0 Å². The Morgan fingerprint density at radius 2 is 2.04 bits per heavy atom. The van der Waals surface area contributed by atoms with Crippen LogP contribution < -0.4 is 4.90 Å². The zero-order valence-corrected chi connectivity index (χ0v) is 16.6. The van der Waals surface area contributed by atoms with E-state index in [2.05, 4.69) is 11.1 Å². The summed E-state index contributed by atoms with van der Waals surface area (Å²) in [5, 5.41) is 10.9. The second-order valence-electron chi connectivity index (χ2n) is 6.34. The number of halogens is 1. The second kappa shape index (κ2) is 8.40. The monoisotopic (exact) mass is 408 g/mol. The van der Waals surface area contributed by atoms with Crippen LogP contribution in [0.2, 0.25) is 5.02 Å². The summed E-state index contributed by atoms with van der Waals surface area (Å²) in [6, 6.07) is 7.57. The number of piperazine rings is 1. The molecule has 0 atom stereocenters. The number of anilines is 1. The summed E-state index contributed by atoms with van der Waals surface area (Å²) in [6.07, 6.45) is 2.03. The van der Waals surface area contributed by atoms with Gasteiger partial charge in [0.25, 0.3) is 0 Å². The van der Waals surface area contributed by atoms with Crippen molar-refractivity contribution >= 4 is 38.2 Å². The van der Waals surface area contributed by atoms with Crippen LogP contribution in [-0.2, 0) is 14.8 Å². The summed E-state index contributed by atoms with van der Waals surface area (Å²) in [6.45, 7) is 2.19. The topological polar surface area (TPSA) is 86.5 Å². The second-order valence-corrected chi connectivity index (χ2v) is 8.87. The number of nitriles is 1. The van der Waals surface area contributed by atoms with Gasteiger partial charge in [-0.2, -0.15) is 9.57 Å². The first-order valence-corrected chi connectivity index (χ1v) is 10.6. The number of sulfonamides is 1. The van der Waals surface area contributed by atoms with Crippen LogP contribution in [0.15, 0.2) is 24.4 Å². The lowest BCUT2D eigenvalue weighted by molar-refractivity contribution is 0.199. The van der Waals surface area contributed by atoms with Crippen LogP contribution in [0.25, 0.3) is 10.9 Å². The lowest BCUT2D eigenvalue weighted by Crippen LogP contribution is -2.49. The highest BCUT2D eigenvalue weighted by Gasteiger charge is 2.28. The Hall–Kier alpha value is -1.92. The van der Waals surface area contributed by atoms with E-state index < -0.39 is 10.0 Å². The minimum atomic E-state index is -3.30. The number of hydrogen-bond donors (Lipinski definition) is 0. The van der Waals surface area contributed by atoms with Crippen LogP contribution in [-0.4, -0.2) is 63.4 Å². The van der Waals surface area contributed by atoms with Crippen molar-refractivity contribution in [3.63, 3.8) is 0 Å². The molecule has 9 heteroatoms. The van der Waals surface area contributed by atoms with Gasteiger partial charge in [0.05, 0.1) is 22.5 Å². The fourth-order valence-electron chi connectivity index (χ4n) is 3.28. The Balaban J connectivity index is 1.82. The number of fused-ring (bicyclic) bond motifs is 1. The van der Waals surface area contributed by atoms with Crippen molar-refractivity contribution in [2.75, 3.05) is 50.5 Å². The first kappa shape index (κ1) is 19.8. The van der Waals surface area contributed by atoms with Gasteiger partial charge in [-0.25, -0.2) is 8.42 Å². The molecule has 1 aromatic heterocycles. The van der Waals surface area contributed by atoms with Gasteiger partial charge in [0.2, 0.25) is 10.0 Å². The number of pyridine rings is 1. The molecule has 0 spiro atoms. The van der Waals surface area contributed by atoms with E-state index in [0.29, 0.717) is 49.8 Å². The average molecular weight is 409 g/mol. The quantitative estimate of drug-likeness (QED) is 0.681. The van der Waals surface area contributed by atoms with Gasteiger partial charge < -0.3 is 9.64 Å². The first-order valence-electron chi connectivity index (χ1n) is 8.66. The average Bonchev–Trinajstić information content (AvgIpc) is 2.67. The van der Waals surface area contributed by atoms with Crippen LogP contribution in [0, 0.1) is 11.3 Å². The lowest BCUT2D eigenvalue weighted by Gasteiger charge is -2.36. The molecule has 27 heavy (non-hydrogen) atoms. The molecule has 144 valence electrons. The Morgan fingerprint density at radius 1 is 1.30 bits per heavy atom. The summed E-state index contributed by atoms with van der Waals surface area (Å²) >= 11 is 6.14. The van der Waals surface area contributed by atoms with Crippen molar-refractivity contribution in [2.45, 2.75) is 6.42 Å². The molecule has 0 bridgehead atoms. The molecule has 1 saturated heterocycles. The summed E-state index contributed by atoms with van der Waals surface area (Å²) in [7, 11) is -1.74. The summed E-state index contributed by atoms with van der Waals surface area (Å²) in [5.74, 6) is 0.0814. The number of methoxy groups -OCH3 is 1. The standard InChI is InChI=1S/C18H21ClN4O3S/c1-26-9-2-10-27(24,25)23-7-5-22(6-8-23)18-14(12-20)13-21-17-4-3-15(19)11-16(17)18/h3-4,11,13H,2,5-10H2,1H3. The van der Waals surface area contributed by atoms with Gasteiger partial charge in [0, 0.05) is 56.5 Å². The molecule has 3 rings (SSSR count). The first-order chi connectivity index (χ1) is 13.0. The Bertz CT molecular complexity index is 966. The molecule has 7 nitrogen and oxygen atoms in total. The summed E-state index contributed by atoms with van der Waals surface area (Å²) in [5.41, 5.74) is 1.98. The third-order valence-corrected chi connectivity index (χ3v) is 6.81. The Labute approximate surface area is 164 Å². The number of ether oxygens (including phenoxy) is 1. The number of nitrogens with zero attached hydrogens (tertiary/aromatic N) is 4. The predicted octanol–water partition coefficient (Wildman–Crippen LogP) is 2.25. The van der Waals surface area contributed by atoms with Crippen LogP contribution in [0.3, 0.4) is 0 Å². The normalized spacial score (nSPS) is 15.8. The Morgan fingerprint density at radius 3 is 2.70 bits per heavy atom. The van der Waals surface area contributed by atoms with E-state index in [0.717, 1.165) is 16.6 Å². The maximum atomic E-state index is 12.5. The number of aromatic nitrogens is 1. The van der Waals surface area contributed by atoms with Crippen LogP contribution in [0.5, 0.6) is 0 Å². The minimum Gasteiger partial charge on any atom is -0.385 e. The number of rotatable bonds is 6. The summed E-state index contributed by atoms with van der Waals surface area (Å²) < 4.78 is 31.4. The van der Waals surface area contributed by atoms with E-state index in [1.807, 2.05) is 11.0 Å². The highest BCUT2D eigenvalue weighted by Crippen LogP contribution is 2.32. The van der Waals surface area contributed by atoms with Crippen LogP contribution >= 0.6 is 11.6 Å². The van der Waals surface area contributed by atoms with Crippen molar-refractivity contribution in [2.24, 2.45) is 0 Å². The molecule has 1 aromatic carbocycles. The maximum Gasteiger partial charge on any atom is 0.214 e. The largest absolute Gasteiger partial charge is 0.385 e. The van der Waals surface area contributed by atoms with E-state index >= 15 is 0 Å². The SMILES string of the molecule is COCCCS(=O)(=O)N1CCN(c2c(C#N)cnc3ccc(Cl)cc23)CC1. The van der Waals surface area contributed by atoms with Crippen LogP contribution in [0.4, 0.5) is 5.69 Å². The van der Waals surface area contributed by atoms with E-state index in [9.17, 15) is 13.7 Å². The zero-order valence-electron chi connectivity index (χ0n) is 15.1. The van der Waals surface area contributed by atoms with Crippen molar-refractivity contribution in [1.29, 1.82) is 5.26 Å². The number of benzene rings is 1. The van der Waals surface area contributed by atoms with Crippen molar-refractivity contribution in [3.05, 3.63) is 35.0 Å². The van der Waals surface area contributed by atoms with Crippen molar-refractivity contribution < 1.29 is 13.2 Å². The third-order valence-electron chi connectivity index (χ3n) is 4.62. The molecule has 0 N–H and O–H groups in total. The maximum absolute atomic E-state index is 12.5. The van der Waals surface area contributed by atoms with Gasteiger partial charge in [0.1, 0.15) is 6.07 Å². The molecule has 2 heterocycles. The number of hydrogen-bond acceptors (Lipinski definition) is 6. The highest BCUT2D eigenvalue weighted by atomic mass is 35.5. The third kappa shape index (κ3) is 4.33. The smallest absolute Gasteiger partial charge is 0.214 e. The fraction of sp³-hybridized carbons (Fsp3) is 0.444. The molecule has 0 aliphatic carbocycles. The fourth-order valence-corrected chi connectivity index (χ4v) is 4.91. The molecule has 2 aromatic rings. The van der Waals surface area contributed by atoms with Gasteiger partial charge in [-0.1, -0.05) is 11.6 Å². The summed E-state index contributed by atoms with van der Waals surface area (Å²) in [4.78, 5) is 6.36. The van der Waals surface area contributed by atoms with E-state index in [1.54, 1.807) is 25.4 Å². The molecule has 0 saturated carbocycles. The molecular weight excluding hydrogens is 388 g/mol. The van der Waals surface area contributed by atoms with Crippen LogP contribution in [0.1, 0.15) is 12.0 Å². The minimum absolute atomic E-state index is 0.0814. The van der Waals surface area contributed by atoms with Gasteiger partial charge in [-0.05, 0) is 24.6 Å². The predicted molar refractivity (Wildman–Crippen MR) is 106 cm³/mol. The Kier molecular flexibility index (Phi) is 6.17. The molecule has 0 radical (unpaired) electrons. The van der Waals surface area contributed by atoms with E-state index in [4.69, 9.17) is 16.3 Å². The van der Waals surface area contributed by atoms with Gasteiger partial charge in [0.15, 0.2) is 0 Å². The molecule has 1 aliphatic heterocycles. The molecule has 1 aliphatic rings. The van der Waals surface area contributed by atoms with E-state index in [-0.39, 0.29) is 5.75 Å². The zero-order chi connectivity index (χ0) is 19.4. The van der Waals surface area contributed by atoms with E-state index in [1.165, 1.54) is 4.31 Å². The lowest BCUT2D eigenvalue weighted by atomic mass is 10.1. The van der Waals surface area contributed by atoms with Gasteiger partial charge >= 0.3 is 0 Å². The molecule has 0 amide bonds. The highest BCUT2D eigenvalue weighted by molar-refractivity contribution is 7.89. The molecular formula is C18H21ClN4O3S.